The molecule has 1 N–H and O–H groups in total. The van der Waals surface area contributed by atoms with Crippen molar-refractivity contribution in [1.29, 1.82) is 5.26 Å². The summed E-state index contributed by atoms with van der Waals surface area (Å²) in [6.07, 6.45) is 3.72. The number of aromatic nitrogens is 2. The first-order chi connectivity index (χ1) is 11.3. The molecule has 1 aromatic heterocycles. The van der Waals surface area contributed by atoms with E-state index < -0.39 is 0 Å². The Morgan fingerprint density at radius 2 is 2.13 bits per heavy atom. The Morgan fingerprint density at radius 1 is 1.30 bits per heavy atom. The second kappa shape index (κ2) is 6.75. The van der Waals surface area contributed by atoms with Gasteiger partial charge in [0.25, 0.3) is 5.91 Å². The highest BCUT2D eigenvalue weighted by Gasteiger charge is 2.24. The molecule has 23 heavy (non-hydrogen) atoms. The van der Waals surface area contributed by atoms with Gasteiger partial charge >= 0.3 is 0 Å². The summed E-state index contributed by atoms with van der Waals surface area (Å²) in [6.45, 7) is 1.21. The van der Waals surface area contributed by atoms with E-state index in [1.54, 1.807) is 4.90 Å². The van der Waals surface area contributed by atoms with Crippen LogP contribution in [0.1, 0.15) is 12.1 Å². The standard InChI is InChI=1S/C16H15N5O2/c17-10-12-16(20-8-7-18-12)19-6-3-9-21-13-4-1-2-5-14(13)23-11-15(21)22/h1-2,4-5,7-8H,3,6,9,11H2,(H,19,20). The van der Waals surface area contributed by atoms with Crippen LogP contribution in [0.15, 0.2) is 36.7 Å². The fourth-order valence-corrected chi connectivity index (χ4v) is 2.39. The topological polar surface area (TPSA) is 91.1 Å². The minimum absolute atomic E-state index is 0.0547. The van der Waals surface area contributed by atoms with E-state index in [9.17, 15) is 4.79 Å². The van der Waals surface area contributed by atoms with Crippen LogP contribution in [-0.2, 0) is 4.79 Å². The molecule has 7 heteroatoms. The van der Waals surface area contributed by atoms with Crippen LogP contribution in [0.5, 0.6) is 5.75 Å². The molecule has 2 aromatic rings. The van der Waals surface area contributed by atoms with Crippen molar-refractivity contribution in [2.75, 3.05) is 29.9 Å². The Hall–Kier alpha value is -3.14. The van der Waals surface area contributed by atoms with Gasteiger partial charge in [-0.1, -0.05) is 12.1 Å². The van der Waals surface area contributed by atoms with Gasteiger partial charge in [0.15, 0.2) is 18.1 Å². The lowest BCUT2D eigenvalue weighted by Gasteiger charge is -2.29. The Morgan fingerprint density at radius 3 is 3.00 bits per heavy atom. The summed E-state index contributed by atoms with van der Waals surface area (Å²) in [7, 11) is 0. The van der Waals surface area contributed by atoms with E-state index in [1.165, 1.54) is 12.4 Å². The molecule has 0 radical (unpaired) electrons. The minimum Gasteiger partial charge on any atom is -0.482 e. The van der Waals surface area contributed by atoms with Crippen molar-refractivity contribution in [3.05, 3.63) is 42.4 Å². The molecule has 0 bridgehead atoms. The second-order valence-electron chi connectivity index (χ2n) is 4.95. The molecule has 116 valence electrons. The maximum atomic E-state index is 12.0. The highest BCUT2D eigenvalue weighted by atomic mass is 16.5. The first-order valence-corrected chi connectivity index (χ1v) is 7.27. The van der Waals surface area contributed by atoms with E-state index in [0.29, 0.717) is 25.3 Å². The summed E-state index contributed by atoms with van der Waals surface area (Å²) in [4.78, 5) is 21.8. The third-order valence-corrected chi connectivity index (χ3v) is 3.46. The van der Waals surface area contributed by atoms with Crippen LogP contribution in [0.4, 0.5) is 11.5 Å². The van der Waals surface area contributed by atoms with Gasteiger partial charge in [-0.3, -0.25) is 4.79 Å². The van der Waals surface area contributed by atoms with Gasteiger partial charge in [0.2, 0.25) is 0 Å². The molecule has 0 atom stereocenters. The maximum Gasteiger partial charge on any atom is 0.265 e. The molecule has 3 rings (SSSR count). The van der Waals surface area contributed by atoms with Crippen LogP contribution in [0, 0.1) is 11.3 Å². The van der Waals surface area contributed by atoms with Crippen LogP contribution in [0.25, 0.3) is 0 Å². The number of para-hydroxylation sites is 2. The predicted octanol–water partition coefficient (Wildman–Crippen LogP) is 1.58. The molecule has 0 unspecified atom stereocenters. The molecule has 0 aliphatic carbocycles. The van der Waals surface area contributed by atoms with Crippen molar-refractivity contribution in [3.8, 4) is 11.8 Å². The van der Waals surface area contributed by atoms with E-state index in [1.807, 2.05) is 30.3 Å². The van der Waals surface area contributed by atoms with Crippen LogP contribution in [0.2, 0.25) is 0 Å². The van der Waals surface area contributed by atoms with Gasteiger partial charge < -0.3 is 15.0 Å². The van der Waals surface area contributed by atoms with E-state index >= 15 is 0 Å². The number of hydrogen-bond acceptors (Lipinski definition) is 6. The van der Waals surface area contributed by atoms with Crippen molar-refractivity contribution in [2.45, 2.75) is 6.42 Å². The Bertz CT molecular complexity index is 756. The number of rotatable bonds is 5. The molecule has 1 amide bonds. The molecule has 0 saturated carbocycles. The molecular formula is C16H15N5O2. The van der Waals surface area contributed by atoms with Crippen molar-refractivity contribution < 1.29 is 9.53 Å². The quantitative estimate of drug-likeness (QED) is 0.843. The number of hydrogen-bond donors (Lipinski definition) is 1. The number of carbonyl (C=O) groups is 1. The smallest absolute Gasteiger partial charge is 0.265 e. The monoisotopic (exact) mass is 309 g/mol. The second-order valence-corrected chi connectivity index (χ2v) is 4.95. The lowest BCUT2D eigenvalue weighted by Crippen LogP contribution is -2.39. The van der Waals surface area contributed by atoms with E-state index in [4.69, 9.17) is 10.00 Å². The van der Waals surface area contributed by atoms with Crippen molar-refractivity contribution in [2.24, 2.45) is 0 Å². The number of nitriles is 1. The average Bonchev–Trinajstić information content (AvgIpc) is 2.60. The number of nitrogens with one attached hydrogen (secondary N) is 1. The largest absolute Gasteiger partial charge is 0.482 e. The highest BCUT2D eigenvalue weighted by Crippen LogP contribution is 2.31. The van der Waals surface area contributed by atoms with Gasteiger partial charge in [-0.2, -0.15) is 5.26 Å². The summed E-state index contributed by atoms with van der Waals surface area (Å²) in [5, 5.41) is 12.0. The van der Waals surface area contributed by atoms with Gasteiger partial charge in [0.1, 0.15) is 11.8 Å². The summed E-state index contributed by atoms with van der Waals surface area (Å²) < 4.78 is 5.41. The van der Waals surface area contributed by atoms with E-state index in [0.717, 1.165) is 11.4 Å². The Kier molecular flexibility index (Phi) is 4.34. The first kappa shape index (κ1) is 14.8. The fourth-order valence-electron chi connectivity index (χ4n) is 2.39. The van der Waals surface area contributed by atoms with Gasteiger partial charge in [0.05, 0.1) is 5.69 Å². The van der Waals surface area contributed by atoms with Crippen LogP contribution in [0.3, 0.4) is 0 Å². The van der Waals surface area contributed by atoms with Gasteiger partial charge in [-0.15, -0.1) is 0 Å². The fraction of sp³-hybridized carbons (Fsp3) is 0.250. The first-order valence-electron chi connectivity index (χ1n) is 7.27. The summed E-state index contributed by atoms with van der Waals surface area (Å²) in [5.74, 6) is 1.13. The molecule has 7 nitrogen and oxygen atoms in total. The number of anilines is 2. The van der Waals surface area contributed by atoms with E-state index in [2.05, 4.69) is 15.3 Å². The highest BCUT2D eigenvalue weighted by molar-refractivity contribution is 5.97. The zero-order valence-corrected chi connectivity index (χ0v) is 12.4. The van der Waals surface area contributed by atoms with Gasteiger partial charge in [-0.25, -0.2) is 9.97 Å². The Labute approximate surface area is 133 Å². The molecule has 0 fully saturated rings. The molecule has 1 aliphatic rings. The van der Waals surface area contributed by atoms with Crippen LogP contribution < -0.4 is 15.0 Å². The number of nitrogens with zero attached hydrogens (tertiary/aromatic N) is 4. The number of ether oxygens (including phenoxy) is 1. The van der Waals surface area contributed by atoms with E-state index in [-0.39, 0.29) is 18.2 Å². The lowest BCUT2D eigenvalue weighted by atomic mass is 10.2. The maximum absolute atomic E-state index is 12.0. The third-order valence-electron chi connectivity index (χ3n) is 3.46. The molecule has 1 aliphatic heterocycles. The zero-order chi connectivity index (χ0) is 16.1. The zero-order valence-electron chi connectivity index (χ0n) is 12.4. The van der Waals surface area contributed by atoms with Crippen LogP contribution in [-0.4, -0.2) is 35.6 Å². The summed E-state index contributed by atoms with van der Waals surface area (Å²) >= 11 is 0. The number of amides is 1. The third kappa shape index (κ3) is 3.21. The lowest BCUT2D eigenvalue weighted by molar-refractivity contribution is -0.121. The molecular weight excluding hydrogens is 294 g/mol. The average molecular weight is 309 g/mol. The summed E-state index contributed by atoms with van der Waals surface area (Å²) in [5.41, 5.74) is 1.06. The predicted molar refractivity (Wildman–Crippen MR) is 84.1 cm³/mol. The van der Waals surface area contributed by atoms with Crippen molar-refractivity contribution in [1.82, 2.24) is 9.97 Å². The molecule has 2 heterocycles. The SMILES string of the molecule is N#Cc1nccnc1NCCCN1C(=O)COc2ccccc21. The van der Waals surface area contributed by atoms with Crippen molar-refractivity contribution in [3.63, 3.8) is 0 Å². The van der Waals surface area contributed by atoms with Crippen molar-refractivity contribution >= 4 is 17.4 Å². The number of benzene rings is 1. The summed E-state index contributed by atoms with van der Waals surface area (Å²) in [6, 6.07) is 9.47. The molecule has 0 saturated heterocycles. The normalized spacial score (nSPS) is 13.0. The molecule has 0 spiro atoms. The number of fused-ring (bicyclic) bond motifs is 1. The van der Waals surface area contributed by atoms with Crippen LogP contribution >= 0.6 is 0 Å². The van der Waals surface area contributed by atoms with Gasteiger partial charge in [0, 0.05) is 25.5 Å². The Balaban J connectivity index is 1.59. The minimum atomic E-state index is -0.0547. The van der Waals surface area contributed by atoms with Gasteiger partial charge in [-0.05, 0) is 18.6 Å². The number of carbonyl (C=O) groups excluding carboxylic acids is 1. The molecule has 1 aromatic carbocycles.